The van der Waals surface area contributed by atoms with E-state index in [0.717, 1.165) is 122 Å². The van der Waals surface area contributed by atoms with Crippen molar-refractivity contribution in [3.05, 3.63) is 158 Å². The third kappa shape index (κ3) is 57.7. The van der Waals surface area contributed by atoms with Gasteiger partial charge in [0.1, 0.15) is 13.2 Å². The van der Waals surface area contributed by atoms with Crippen LogP contribution in [0.3, 0.4) is 0 Å². The number of aliphatic hydroxyl groups excluding tert-OH is 1. The van der Waals surface area contributed by atoms with Gasteiger partial charge in [-0.25, -0.2) is 4.57 Å². The second-order valence-electron chi connectivity index (χ2n) is 20.3. The molecule has 0 aromatic rings. The van der Waals surface area contributed by atoms with E-state index in [1.54, 1.807) is 6.08 Å². The lowest BCUT2D eigenvalue weighted by Gasteiger charge is -2.25. The molecule has 0 aliphatic rings. The zero-order chi connectivity index (χ0) is 54.9. The number of unbranched alkanes of at least 4 members (excludes halogenated alkanes) is 14. The van der Waals surface area contributed by atoms with E-state index in [-0.39, 0.29) is 19.1 Å². The Morgan fingerprint density at radius 1 is 0.467 bits per heavy atom. The summed E-state index contributed by atoms with van der Waals surface area (Å²) in [4.78, 5) is 23.2. The Morgan fingerprint density at radius 2 is 0.813 bits per heavy atom. The standard InChI is InChI=1S/C66H109N2O6P/c1-6-8-10-12-14-16-18-20-21-22-23-24-25-26-27-28-29-30-31-32-33-34-35-36-37-38-39-40-41-42-43-44-45-46-47-48-50-52-54-56-58-60-66(70)67-64(63-74-75(71,72)73-62-61-68(3,4)5)65(69)59-57-55-53-51-49-19-17-15-13-11-9-7-2/h8,10,13-16,20-21,23-24,26-27,29-30,32-33,35-36,38-39,41-42,49,51,57,59,64-65,69H,6-7,9,11-12,17-19,22,25,28,31,34,37,40,43-48,50,52-56,58,60-63H2,1-5H3,(H-,67,70,71,72)/p+1/b10-8-,15-13+,16-14-,21-20-,24-23-,27-26-,30-29-,33-32-,36-35-,39-38-,42-41-,51-49+,59-57+. The fraction of sp³-hybridized carbons (Fsp3) is 0.591. The van der Waals surface area contributed by atoms with Gasteiger partial charge in [-0.15, -0.1) is 0 Å². The van der Waals surface area contributed by atoms with Gasteiger partial charge in [-0.05, 0) is 116 Å². The number of nitrogens with zero attached hydrogens (tertiary/aromatic N) is 1. The van der Waals surface area contributed by atoms with Crippen molar-refractivity contribution in [2.24, 2.45) is 0 Å². The molecular weight excluding hydrogens is 948 g/mol. The number of hydrogen-bond acceptors (Lipinski definition) is 5. The molecule has 0 saturated carbocycles. The fourth-order valence-electron chi connectivity index (χ4n) is 7.38. The van der Waals surface area contributed by atoms with Crippen LogP contribution in [0.1, 0.15) is 200 Å². The van der Waals surface area contributed by atoms with E-state index < -0.39 is 20.0 Å². The summed E-state index contributed by atoms with van der Waals surface area (Å²) >= 11 is 0. The van der Waals surface area contributed by atoms with Crippen molar-refractivity contribution in [3.8, 4) is 0 Å². The van der Waals surface area contributed by atoms with Crippen LogP contribution in [0.25, 0.3) is 0 Å². The number of quaternary nitrogens is 1. The number of rotatable bonds is 51. The van der Waals surface area contributed by atoms with E-state index in [0.29, 0.717) is 17.4 Å². The van der Waals surface area contributed by atoms with E-state index in [4.69, 9.17) is 9.05 Å². The molecule has 0 fully saturated rings. The molecule has 9 heteroatoms. The summed E-state index contributed by atoms with van der Waals surface area (Å²) in [5.41, 5.74) is 0. The van der Waals surface area contributed by atoms with Gasteiger partial charge in [0.25, 0.3) is 0 Å². The summed E-state index contributed by atoms with van der Waals surface area (Å²) in [6.45, 7) is 4.59. The number of carbonyl (C=O) groups excluding carboxylic acids is 1. The number of aliphatic hydroxyl groups is 1. The summed E-state index contributed by atoms with van der Waals surface area (Å²) in [5, 5.41) is 13.8. The molecule has 0 aliphatic heterocycles. The predicted molar refractivity (Wildman–Crippen MR) is 327 cm³/mol. The van der Waals surface area contributed by atoms with Crippen LogP contribution >= 0.6 is 7.82 Å². The fourth-order valence-corrected chi connectivity index (χ4v) is 8.12. The number of carbonyl (C=O) groups is 1. The van der Waals surface area contributed by atoms with E-state index in [1.807, 2.05) is 27.2 Å². The average Bonchev–Trinajstić information content (AvgIpc) is 3.37. The summed E-state index contributed by atoms with van der Waals surface area (Å²) in [6.07, 6.45) is 86.5. The number of nitrogens with one attached hydrogen (secondary N) is 1. The van der Waals surface area contributed by atoms with E-state index in [1.165, 1.54) is 57.8 Å². The minimum atomic E-state index is -4.36. The second-order valence-corrected chi connectivity index (χ2v) is 21.7. The summed E-state index contributed by atoms with van der Waals surface area (Å²) in [5.74, 6) is -0.205. The Hall–Kier alpha value is -3.88. The van der Waals surface area contributed by atoms with Crippen LogP contribution in [-0.2, 0) is 18.4 Å². The molecule has 3 atom stereocenters. The molecule has 0 aromatic carbocycles. The zero-order valence-corrected chi connectivity index (χ0v) is 49.1. The van der Waals surface area contributed by atoms with Gasteiger partial charge in [-0.3, -0.25) is 13.8 Å². The SMILES string of the molecule is CC/C=C\C/C=C\C/C=C\C/C=C\C/C=C\C/C=C\C/C=C\C/C=C\C/C=C\C/C=C\CCCCCCCCCCCCC(=O)NC(COP(=O)(O)OCC[N+](C)(C)C)C(O)/C=C/CC/C=C/CC/C=C/CCCC. The lowest BCUT2D eigenvalue weighted by Crippen LogP contribution is -2.45. The topological polar surface area (TPSA) is 105 Å². The average molecular weight is 1060 g/mol. The van der Waals surface area contributed by atoms with Crippen LogP contribution in [0.5, 0.6) is 0 Å². The highest BCUT2D eigenvalue weighted by atomic mass is 31.2. The molecule has 3 unspecified atom stereocenters. The highest BCUT2D eigenvalue weighted by Crippen LogP contribution is 2.43. The van der Waals surface area contributed by atoms with Crippen molar-refractivity contribution in [2.45, 2.75) is 212 Å². The maximum absolute atomic E-state index is 12.9. The normalized spacial score (nSPS) is 15.0. The molecule has 75 heavy (non-hydrogen) atoms. The first-order valence-electron chi connectivity index (χ1n) is 29.4. The maximum atomic E-state index is 12.9. The molecule has 0 heterocycles. The Labute approximate surface area is 461 Å². The van der Waals surface area contributed by atoms with Crippen LogP contribution in [0.2, 0.25) is 0 Å². The van der Waals surface area contributed by atoms with Crippen LogP contribution in [0, 0.1) is 0 Å². The molecule has 1 amide bonds. The monoisotopic (exact) mass is 1060 g/mol. The third-order valence-corrected chi connectivity index (χ3v) is 12.9. The second kappa shape index (κ2) is 54.9. The van der Waals surface area contributed by atoms with Gasteiger partial charge in [-0.2, -0.15) is 0 Å². The predicted octanol–water partition coefficient (Wildman–Crippen LogP) is 18.3. The first kappa shape index (κ1) is 71.1. The number of likely N-dealkylation sites (N-methyl/N-ethyl adjacent to an activating group) is 1. The zero-order valence-electron chi connectivity index (χ0n) is 48.2. The minimum Gasteiger partial charge on any atom is -0.387 e. The first-order chi connectivity index (χ1) is 36.5. The largest absolute Gasteiger partial charge is 0.472 e. The molecule has 8 nitrogen and oxygen atoms in total. The lowest BCUT2D eigenvalue weighted by atomic mass is 10.0. The van der Waals surface area contributed by atoms with Crippen molar-refractivity contribution in [2.75, 3.05) is 40.9 Å². The highest BCUT2D eigenvalue weighted by Gasteiger charge is 2.27. The van der Waals surface area contributed by atoms with Crippen molar-refractivity contribution in [3.63, 3.8) is 0 Å². The number of amides is 1. The van der Waals surface area contributed by atoms with Crippen LogP contribution in [-0.4, -0.2) is 73.4 Å². The summed E-state index contributed by atoms with van der Waals surface area (Å²) in [7, 11) is 1.52. The van der Waals surface area contributed by atoms with Crippen LogP contribution in [0.4, 0.5) is 0 Å². The highest BCUT2D eigenvalue weighted by molar-refractivity contribution is 7.47. The number of phosphoric ester groups is 1. The number of allylic oxidation sites excluding steroid dienone is 25. The van der Waals surface area contributed by atoms with E-state index >= 15 is 0 Å². The van der Waals surface area contributed by atoms with Gasteiger partial charge in [-0.1, -0.05) is 236 Å². The molecule has 0 rings (SSSR count). The van der Waals surface area contributed by atoms with E-state index in [2.05, 4.69) is 165 Å². The summed E-state index contributed by atoms with van der Waals surface area (Å²) < 4.78 is 23.6. The molecular formula is C66H110N2O6P+. The Kier molecular flexibility index (Phi) is 52.1. The Balaban J connectivity index is 4.10. The molecule has 0 bridgehead atoms. The van der Waals surface area contributed by atoms with Gasteiger partial charge in [0.15, 0.2) is 0 Å². The molecule has 0 aromatic heterocycles. The molecule has 0 radical (unpaired) electrons. The molecule has 3 N–H and O–H groups in total. The van der Waals surface area contributed by atoms with Crippen molar-refractivity contribution < 1.29 is 32.9 Å². The van der Waals surface area contributed by atoms with Gasteiger partial charge >= 0.3 is 7.82 Å². The quantitative estimate of drug-likeness (QED) is 0.0243. The summed E-state index contributed by atoms with van der Waals surface area (Å²) in [6, 6.07) is -0.882. The van der Waals surface area contributed by atoms with Crippen molar-refractivity contribution in [1.29, 1.82) is 0 Å². The van der Waals surface area contributed by atoms with Gasteiger partial charge in [0.2, 0.25) is 5.91 Å². The third-order valence-electron chi connectivity index (χ3n) is 12.0. The lowest BCUT2D eigenvalue weighted by molar-refractivity contribution is -0.870. The van der Waals surface area contributed by atoms with Crippen molar-refractivity contribution in [1.82, 2.24) is 5.32 Å². The first-order valence-corrected chi connectivity index (χ1v) is 30.9. The molecule has 0 saturated heterocycles. The van der Waals surface area contributed by atoms with Crippen LogP contribution in [0.15, 0.2) is 158 Å². The Morgan fingerprint density at radius 3 is 1.23 bits per heavy atom. The molecule has 424 valence electrons. The minimum absolute atomic E-state index is 0.0448. The Bertz CT molecular complexity index is 1770. The molecule has 0 spiro atoms. The maximum Gasteiger partial charge on any atom is 0.472 e. The van der Waals surface area contributed by atoms with Gasteiger partial charge in [0, 0.05) is 6.42 Å². The van der Waals surface area contributed by atoms with Crippen molar-refractivity contribution >= 4 is 13.7 Å². The van der Waals surface area contributed by atoms with E-state index in [9.17, 15) is 19.4 Å². The van der Waals surface area contributed by atoms with Crippen LogP contribution < -0.4 is 5.32 Å². The smallest absolute Gasteiger partial charge is 0.387 e. The van der Waals surface area contributed by atoms with Gasteiger partial charge in [0.05, 0.1) is 39.9 Å². The van der Waals surface area contributed by atoms with Gasteiger partial charge < -0.3 is 19.8 Å². The molecule has 0 aliphatic carbocycles. The number of hydrogen-bond donors (Lipinski definition) is 3. The number of phosphoric acid groups is 1.